The van der Waals surface area contributed by atoms with Gasteiger partial charge >= 0.3 is 0 Å². The molecule has 15 heavy (non-hydrogen) atoms. The summed E-state index contributed by atoms with van der Waals surface area (Å²) in [7, 11) is 0. The van der Waals surface area contributed by atoms with E-state index in [2.05, 4.69) is 4.98 Å². The molecule has 0 saturated carbocycles. The number of ketones is 1. The molecule has 0 aliphatic carbocycles. The number of aromatic nitrogens is 1. The van der Waals surface area contributed by atoms with Crippen LogP contribution in [0.1, 0.15) is 15.9 Å². The van der Waals surface area contributed by atoms with Crippen LogP contribution in [0, 0.1) is 5.82 Å². The third kappa shape index (κ3) is 1.88. The number of nitrogens with one attached hydrogen (secondary N) is 1. The Labute approximate surface area is 85.7 Å². The first-order valence-corrected chi connectivity index (χ1v) is 4.40. The number of halogens is 1. The Kier molecular flexibility index (Phi) is 2.25. The average molecular weight is 204 g/mol. The number of hydrogen-bond donors (Lipinski definition) is 2. The van der Waals surface area contributed by atoms with E-state index in [1.165, 1.54) is 18.2 Å². The van der Waals surface area contributed by atoms with E-state index in [0.717, 1.165) is 0 Å². The minimum absolute atomic E-state index is 0.244. The number of rotatable bonds is 2. The van der Waals surface area contributed by atoms with Gasteiger partial charge in [0.2, 0.25) is 0 Å². The van der Waals surface area contributed by atoms with Gasteiger partial charge in [-0.15, -0.1) is 0 Å². The number of H-pyrrole nitrogens is 1. The van der Waals surface area contributed by atoms with Crippen molar-refractivity contribution in [1.82, 2.24) is 4.98 Å². The second-order valence-electron chi connectivity index (χ2n) is 3.20. The van der Waals surface area contributed by atoms with E-state index in [1.54, 1.807) is 18.5 Å². The molecular weight excluding hydrogens is 195 g/mol. The number of benzene rings is 1. The van der Waals surface area contributed by atoms with Gasteiger partial charge < -0.3 is 10.7 Å². The van der Waals surface area contributed by atoms with Gasteiger partial charge in [0.05, 0.1) is 0 Å². The lowest BCUT2D eigenvalue weighted by atomic mass is 10.1. The maximum atomic E-state index is 13.0. The summed E-state index contributed by atoms with van der Waals surface area (Å²) in [6.45, 7) is 0. The number of aromatic amines is 1. The van der Waals surface area contributed by atoms with E-state index in [4.69, 9.17) is 5.73 Å². The zero-order valence-electron chi connectivity index (χ0n) is 7.83. The van der Waals surface area contributed by atoms with Gasteiger partial charge in [0, 0.05) is 29.2 Å². The summed E-state index contributed by atoms with van der Waals surface area (Å²) in [5.74, 6) is -0.753. The Hall–Kier alpha value is -2.10. The van der Waals surface area contributed by atoms with Crippen molar-refractivity contribution in [1.29, 1.82) is 0 Å². The number of carbonyl (C=O) groups excluding carboxylic acids is 1. The zero-order valence-corrected chi connectivity index (χ0v) is 7.83. The minimum Gasteiger partial charge on any atom is -0.399 e. The van der Waals surface area contributed by atoms with Crippen LogP contribution < -0.4 is 5.73 Å². The molecule has 1 aromatic carbocycles. The molecule has 0 spiro atoms. The molecule has 2 aromatic rings. The standard InChI is InChI=1S/C11H9FN2O/c12-9-3-8(4-10(13)5-9)11(15)7-1-2-14-6-7/h1-6,14H,13H2. The van der Waals surface area contributed by atoms with Crippen molar-refractivity contribution in [3.63, 3.8) is 0 Å². The van der Waals surface area contributed by atoms with Crippen LogP contribution in [0.15, 0.2) is 36.7 Å². The highest BCUT2D eigenvalue weighted by atomic mass is 19.1. The van der Waals surface area contributed by atoms with E-state index in [1.807, 2.05) is 0 Å². The fourth-order valence-corrected chi connectivity index (χ4v) is 1.38. The van der Waals surface area contributed by atoms with Crippen LogP contribution in [0.25, 0.3) is 0 Å². The molecule has 0 fully saturated rings. The topological polar surface area (TPSA) is 58.9 Å². The monoisotopic (exact) mass is 204 g/mol. The summed E-state index contributed by atoms with van der Waals surface area (Å²) in [4.78, 5) is 14.5. The van der Waals surface area contributed by atoms with Crippen molar-refractivity contribution < 1.29 is 9.18 Å². The molecule has 0 saturated heterocycles. The molecule has 2 rings (SSSR count). The molecule has 76 valence electrons. The highest BCUT2D eigenvalue weighted by Crippen LogP contribution is 2.14. The van der Waals surface area contributed by atoms with Crippen molar-refractivity contribution in [2.24, 2.45) is 0 Å². The van der Waals surface area contributed by atoms with Crippen molar-refractivity contribution >= 4 is 11.5 Å². The average Bonchev–Trinajstić information content (AvgIpc) is 2.67. The smallest absolute Gasteiger partial charge is 0.194 e. The van der Waals surface area contributed by atoms with Crippen LogP contribution in [0.3, 0.4) is 0 Å². The van der Waals surface area contributed by atoms with Crippen LogP contribution >= 0.6 is 0 Å². The number of hydrogen-bond acceptors (Lipinski definition) is 2. The number of nitrogens with two attached hydrogens (primary N) is 1. The minimum atomic E-state index is -0.506. The molecule has 1 heterocycles. The van der Waals surface area contributed by atoms with E-state index in [-0.39, 0.29) is 17.0 Å². The molecule has 3 N–H and O–H groups in total. The third-order valence-corrected chi connectivity index (χ3v) is 2.04. The zero-order chi connectivity index (χ0) is 10.8. The van der Waals surface area contributed by atoms with Crippen LogP contribution in [-0.4, -0.2) is 10.8 Å². The summed E-state index contributed by atoms with van der Waals surface area (Å²) in [5, 5.41) is 0. The molecule has 0 unspecified atom stereocenters. The normalized spacial score (nSPS) is 10.2. The lowest BCUT2D eigenvalue weighted by molar-refractivity contribution is 0.103. The lowest BCUT2D eigenvalue weighted by Gasteiger charge is -2.00. The Morgan fingerprint density at radius 3 is 2.67 bits per heavy atom. The van der Waals surface area contributed by atoms with Gasteiger partial charge in [-0.2, -0.15) is 0 Å². The first-order valence-electron chi connectivity index (χ1n) is 4.40. The molecule has 4 heteroatoms. The largest absolute Gasteiger partial charge is 0.399 e. The first kappa shape index (κ1) is 9.45. The molecule has 0 atom stereocenters. The van der Waals surface area contributed by atoms with Crippen molar-refractivity contribution in [2.45, 2.75) is 0 Å². The summed E-state index contributed by atoms with van der Waals surface area (Å²) < 4.78 is 13.0. The maximum Gasteiger partial charge on any atom is 0.194 e. The van der Waals surface area contributed by atoms with Crippen molar-refractivity contribution in [3.8, 4) is 0 Å². The molecule has 0 radical (unpaired) electrons. The van der Waals surface area contributed by atoms with Crippen LogP contribution in [0.2, 0.25) is 0 Å². The summed E-state index contributed by atoms with van der Waals surface area (Å²) in [5.41, 5.74) is 6.44. The predicted molar refractivity (Wildman–Crippen MR) is 55.0 cm³/mol. The van der Waals surface area contributed by atoms with Gasteiger partial charge in [0.15, 0.2) is 5.78 Å². The molecule has 3 nitrogen and oxygen atoms in total. The van der Waals surface area contributed by atoms with Gasteiger partial charge in [-0.1, -0.05) is 0 Å². The fourth-order valence-electron chi connectivity index (χ4n) is 1.38. The molecule has 0 bridgehead atoms. The summed E-state index contributed by atoms with van der Waals surface area (Å²) >= 11 is 0. The number of nitrogen functional groups attached to an aromatic ring is 1. The SMILES string of the molecule is Nc1cc(F)cc(C(=O)c2cc[nH]c2)c1. The second kappa shape index (κ2) is 3.57. The Balaban J connectivity index is 2.42. The maximum absolute atomic E-state index is 13.0. The molecular formula is C11H9FN2O. The van der Waals surface area contributed by atoms with E-state index >= 15 is 0 Å². The fraction of sp³-hybridized carbons (Fsp3) is 0. The van der Waals surface area contributed by atoms with Crippen LogP contribution in [0.5, 0.6) is 0 Å². The molecule has 0 aliphatic rings. The predicted octanol–water partition coefficient (Wildman–Crippen LogP) is 1.97. The molecule has 0 aliphatic heterocycles. The van der Waals surface area contributed by atoms with E-state index in [9.17, 15) is 9.18 Å². The van der Waals surface area contributed by atoms with Crippen molar-refractivity contribution in [2.75, 3.05) is 5.73 Å². The van der Waals surface area contributed by atoms with Gasteiger partial charge in [-0.3, -0.25) is 4.79 Å². The van der Waals surface area contributed by atoms with Gasteiger partial charge in [0.1, 0.15) is 5.82 Å². The number of carbonyl (C=O) groups is 1. The van der Waals surface area contributed by atoms with Crippen molar-refractivity contribution in [3.05, 3.63) is 53.6 Å². The highest BCUT2D eigenvalue weighted by molar-refractivity contribution is 6.09. The van der Waals surface area contributed by atoms with Crippen LogP contribution in [0.4, 0.5) is 10.1 Å². The highest BCUT2D eigenvalue weighted by Gasteiger charge is 2.10. The van der Waals surface area contributed by atoms with Gasteiger partial charge in [0.25, 0.3) is 0 Å². The second-order valence-corrected chi connectivity index (χ2v) is 3.20. The van der Waals surface area contributed by atoms with Gasteiger partial charge in [-0.25, -0.2) is 4.39 Å². The first-order chi connectivity index (χ1) is 7.16. The Bertz CT molecular complexity index is 471. The quantitative estimate of drug-likeness (QED) is 0.580. The Morgan fingerprint density at radius 2 is 2.07 bits per heavy atom. The third-order valence-electron chi connectivity index (χ3n) is 2.04. The van der Waals surface area contributed by atoms with Gasteiger partial charge in [-0.05, 0) is 24.3 Å². The summed E-state index contributed by atoms with van der Waals surface area (Å²) in [6.07, 6.45) is 3.19. The Morgan fingerprint density at radius 1 is 1.27 bits per heavy atom. The molecule has 0 amide bonds. The number of anilines is 1. The summed E-state index contributed by atoms with van der Waals surface area (Å²) in [6, 6.07) is 5.43. The van der Waals surface area contributed by atoms with Crippen LogP contribution in [-0.2, 0) is 0 Å². The van der Waals surface area contributed by atoms with E-state index in [0.29, 0.717) is 5.56 Å². The van der Waals surface area contributed by atoms with E-state index < -0.39 is 5.82 Å². The lowest BCUT2D eigenvalue weighted by Crippen LogP contribution is -2.01. The molecule has 1 aromatic heterocycles.